The Morgan fingerprint density at radius 2 is 1.92 bits per heavy atom. The summed E-state index contributed by atoms with van der Waals surface area (Å²) in [5, 5.41) is 11.3. The van der Waals surface area contributed by atoms with Gasteiger partial charge >= 0.3 is 5.97 Å². The van der Waals surface area contributed by atoms with Gasteiger partial charge in [-0.3, -0.25) is 9.59 Å². The minimum atomic E-state index is -1.03. The van der Waals surface area contributed by atoms with E-state index in [1.807, 2.05) is 24.3 Å². The largest absolute Gasteiger partial charge is 0.480 e. The van der Waals surface area contributed by atoms with Gasteiger partial charge in [0.15, 0.2) is 0 Å². The molecule has 130 valence electrons. The number of nitrogens with zero attached hydrogens (tertiary/aromatic N) is 2. The van der Waals surface area contributed by atoms with Gasteiger partial charge in [-0.15, -0.1) is 11.3 Å². The summed E-state index contributed by atoms with van der Waals surface area (Å²) in [6.07, 6.45) is 0.278. The first-order valence-electron chi connectivity index (χ1n) is 7.85. The Hall–Kier alpha value is -2.67. The van der Waals surface area contributed by atoms with Crippen LogP contribution in [0.15, 0.2) is 41.8 Å². The summed E-state index contributed by atoms with van der Waals surface area (Å²) < 4.78 is 0. The molecule has 0 saturated carbocycles. The fraction of sp³-hybridized carbons (Fsp3) is 0.278. The molecule has 0 aliphatic carbocycles. The van der Waals surface area contributed by atoms with Crippen molar-refractivity contribution in [3.63, 3.8) is 0 Å². The van der Waals surface area contributed by atoms with Gasteiger partial charge in [0.05, 0.1) is 11.4 Å². The number of carbonyl (C=O) groups excluding carboxylic acids is 2. The zero-order valence-electron chi connectivity index (χ0n) is 13.7. The molecule has 2 aromatic rings. The number of rotatable bonds is 4. The topological polar surface area (TPSA) is 77.9 Å². The first kappa shape index (κ1) is 17.2. The molecule has 25 heavy (non-hydrogen) atoms. The number of fused-ring (bicyclic) bond motifs is 1. The summed E-state index contributed by atoms with van der Waals surface area (Å²) in [5.74, 6) is -1.64. The Kier molecular flexibility index (Phi) is 4.85. The number of benzene rings is 1. The third-order valence-electron chi connectivity index (χ3n) is 4.31. The number of likely N-dealkylation sites (N-methyl/N-ethyl adjacent to an activating group) is 1. The van der Waals surface area contributed by atoms with Crippen LogP contribution in [0.2, 0.25) is 0 Å². The average Bonchev–Trinajstić information content (AvgIpc) is 3.14. The van der Waals surface area contributed by atoms with E-state index in [1.54, 1.807) is 24.6 Å². The molecule has 1 atom stereocenters. The molecule has 2 amide bonds. The first-order chi connectivity index (χ1) is 12.0. The van der Waals surface area contributed by atoms with Crippen molar-refractivity contribution >= 4 is 29.1 Å². The lowest BCUT2D eigenvalue weighted by Gasteiger charge is -2.35. The zero-order valence-corrected chi connectivity index (χ0v) is 14.5. The molecule has 1 N–H and O–H groups in total. The molecule has 1 aromatic heterocycles. The first-order valence-corrected chi connectivity index (χ1v) is 8.73. The predicted octanol–water partition coefficient (Wildman–Crippen LogP) is 1.86. The van der Waals surface area contributed by atoms with Crippen LogP contribution in [0.4, 0.5) is 0 Å². The maximum absolute atomic E-state index is 12.7. The van der Waals surface area contributed by atoms with E-state index >= 15 is 0 Å². The lowest BCUT2D eigenvalue weighted by molar-refractivity contribution is -0.151. The molecule has 0 radical (unpaired) electrons. The van der Waals surface area contributed by atoms with Gasteiger partial charge in [-0.05, 0) is 22.6 Å². The second-order valence-electron chi connectivity index (χ2n) is 5.99. The molecule has 1 unspecified atom stereocenters. The van der Waals surface area contributed by atoms with E-state index < -0.39 is 12.0 Å². The van der Waals surface area contributed by atoms with Crippen molar-refractivity contribution in [2.24, 2.45) is 0 Å². The molecule has 7 heteroatoms. The van der Waals surface area contributed by atoms with Crippen LogP contribution in [0.3, 0.4) is 0 Å². The molecular weight excluding hydrogens is 340 g/mol. The van der Waals surface area contributed by atoms with Crippen LogP contribution >= 0.6 is 11.3 Å². The van der Waals surface area contributed by atoms with Gasteiger partial charge in [0, 0.05) is 20.0 Å². The minimum Gasteiger partial charge on any atom is -0.480 e. The fourth-order valence-corrected chi connectivity index (χ4v) is 3.68. The van der Waals surface area contributed by atoms with Crippen LogP contribution < -0.4 is 0 Å². The highest BCUT2D eigenvalue weighted by Gasteiger charge is 2.35. The van der Waals surface area contributed by atoms with Crippen molar-refractivity contribution in [3.05, 3.63) is 57.8 Å². The van der Waals surface area contributed by atoms with Crippen LogP contribution in [0.1, 0.15) is 20.8 Å². The Morgan fingerprint density at radius 1 is 1.20 bits per heavy atom. The lowest BCUT2D eigenvalue weighted by Crippen LogP contribution is -2.51. The minimum absolute atomic E-state index is 0.150. The summed E-state index contributed by atoms with van der Waals surface area (Å²) >= 11 is 1.31. The number of amides is 2. The normalized spacial score (nSPS) is 16.2. The Bertz CT molecular complexity index is 803. The van der Waals surface area contributed by atoms with Gasteiger partial charge in [-0.25, -0.2) is 4.79 Å². The number of hydrogen-bond acceptors (Lipinski definition) is 4. The number of thiophene rings is 1. The molecule has 3 rings (SSSR count). The van der Waals surface area contributed by atoms with E-state index in [4.69, 9.17) is 0 Å². The summed E-state index contributed by atoms with van der Waals surface area (Å²) in [7, 11) is 1.55. The van der Waals surface area contributed by atoms with Crippen LogP contribution in [-0.4, -0.2) is 52.3 Å². The van der Waals surface area contributed by atoms with Gasteiger partial charge in [-0.1, -0.05) is 30.3 Å². The van der Waals surface area contributed by atoms with Gasteiger partial charge in [-0.2, -0.15) is 0 Å². The molecule has 0 saturated heterocycles. The number of hydrogen-bond donors (Lipinski definition) is 1. The summed E-state index contributed by atoms with van der Waals surface area (Å²) in [6, 6.07) is 10.1. The second kappa shape index (κ2) is 7.06. The van der Waals surface area contributed by atoms with E-state index in [0.717, 1.165) is 11.1 Å². The third kappa shape index (κ3) is 3.56. The number of carboxylic acids is 1. The summed E-state index contributed by atoms with van der Waals surface area (Å²) in [5.41, 5.74) is 1.89. The zero-order chi connectivity index (χ0) is 18.0. The summed E-state index contributed by atoms with van der Waals surface area (Å²) in [4.78, 5) is 39.8. The fourth-order valence-electron chi connectivity index (χ4n) is 2.96. The van der Waals surface area contributed by atoms with Gasteiger partial charge in [0.2, 0.25) is 5.91 Å². The highest BCUT2D eigenvalue weighted by Crippen LogP contribution is 2.24. The summed E-state index contributed by atoms with van der Waals surface area (Å²) in [6.45, 7) is 0.0929. The van der Waals surface area contributed by atoms with Crippen molar-refractivity contribution in [3.8, 4) is 0 Å². The average molecular weight is 358 g/mol. The van der Waals surface area contributed by atoms with Crippen molar-refractivity contribution in [1.29, 1.82) is 0 Å². The Balaban J connectivity index is 1.76. The van der Waals surface area contributed by atoms with E-state index in [-0.39, 0.29) is 31.3 Å². The smallest absolute Gasteiger partial charge is 0.326 e. The molecule has 1 aromatic carbocycles. The van der Waals surface area contributed by atoms with Gasteiger partial charge in [0.1, 0.15) is 6.04 Å². The van der Waals surface area contributed by atoms with E-state index in [9.17, 15) is 19.5 Å². The second-order valence-corrected chi connectivity index (χ2v) is 6.93. The molecular formula is C18H18N2O4S. The standard InChI is InChI=1S/C18H18N2O4S/c1-19(17(22)15-7-4-8-25-15)11-16(21)20-10-13-6-3-2-5-12(13)9-14(20)18(23)24/h2-8,14H,9-11H2,1H3,(H,23,24). The van der Waals surface area contributed by atoms with Gasteiger partial charge < -0.3 is 14.9 Å². The monoisotopic (exact) mass is 358 g/mol. The predicted molar refractivity (Wildman–Crippen MR) is 93.4 cm³/mol. The molecule has 0 spiro atoms. The van der Waals surface area contributed by atoms with Crippen molar-refractivity contribution in [2.45, 2.75) is 19.0 Å². The van der Waals surface area contributed by atoms with E-state index in [1.165, 1.54) is 21.1 Å². The van der Waals surface area contributed by atoms with Crippen molar-refractivity contribution in [1.82, 2.24) is 9.80 Å². The highest BCUT2D eigenvalue weighted by molar-refractivity contribution is 7.12. The van der Waals surface area contributed by atoms with Crippen LogP contribution in [0, 0.1) is 0 Å². The van der Waals surface area contributed by atoms with E-state index in [0.29, 0.717) is 4.88 Å². The maximum Gasteiger partial charge on any atom is 0.326 e. The quantitative estimate of drug-likeness (QED) is 0.905. The molecule has 0 fully saturated rings. The number of carbonyl (C=O) groups is 3. The van der Waals surface area contributed by atoms with Gasteiger partial charge in [0.25, 0.3) is 5.91 Å². The molecule has 1 aliphatic heterocycles. The molecule has 2 heterocycles. The molecule has 6 nitrogen and oxygen atoms in total. The number of aliphatic carboxylic acids is 1. The molecule has 1 aliphatic rings. The van der Waals surface area contributed by atoms with Crippen molar-refractivity contribution in [2.75, 3.05) is 13.6 Å². The van der Waals surface area contributed by atoms with Crippen LogP contribution in [0.5, 0.6) is 0 Å². The Labute approximate surface area is 149 Å². The van der Waals surface area contributed by atoms with Crippen LogP contribution in [-0.2, 0) is 22.6 Å². The SMILES string of the molecule is CN(CC(=O)N1Cc2ccccc2CC1C(=O)O)C(=O)c1cccs1. The third-order valence-corrected chi connectivity index (χ3v) is 5.16. The lowest BCUT2D eigenvalue weighted by atomic mass is 9.94. The van der Waals surface area contributed by atoms with E-state index in [2.05, 4.69) is 0 Å². The van der Waals surface area contributed by atoms with Crippen molar-refractivity contribution < 1.29 is 19.5 Å². The number of carboxylic acid groups (broad SMARTS) is 1. The Morgan fingerprint density at radius 3 is 2.56 bits per heavy atom. The highest BCUT2D eigenvalue weighted by atomic mass is 32.1. The molecule has 0 bridgehead atoms. The maximum atomic E-state index is 12.7. The van der Waals surface area contributed by atoms with Crippen LogP contribution in [0.25, 0.3) is 0 Å².